The Kier molecular flexibility index (Phi) is 7.06. The zero-order chi connectivity index (χ0) is 22.6. The number of benzene rings is 1. The maximum atomic E-state index is 11.7. The Morgan fingerprint density at radius 3 is 2.39 bits per heavy atom. The predicted molar refractivity (Wildman–Crippen MR) is 115 cm³/mol. The van der Waals surface area contributed by atoms with Crippen molar-refractivity contribution in [3.63, 3.8) is 0 Å². The average molecular weight is 432 g/mol. The highest BCUT2D eigenvalue weighted by atomic mass is 16.7. The molecule has 7 heteroatoms. The molecule has 7 nitrogen and oxygen atoms in total. The van der Waals surface area contributed by atoms with E-state index in [4.69, 9.17) is 23.4 Å². The average Bonchev–Trinajstić information content (AvgIpc) is 3.11. The van der Waals surface area contributed by atoms with Crippen molar-refractivity contribution >= 4 is 5.97 Å². The van der Waals surface area contributed by atoms with Gasteiger partial charge in [-0.1, -0.05) is 32.9 Å². The van der Waals surface area contributed by atoms with Crippen LogP contribution in [-0.2, 0) is 37.3 Å². The maximum absolute atomic E-state index is 11.7. The number of ether oxygens (including phenoxy) is 4. The second kappa shape index (κ2) is 9.40. The van der Waals surface area contributed by atoms with Gasteiger partial charge < -0.3 is 23.4 Å². The van der Waals surface area contributed by atoms with Crippen molar-refractivity contribution < 1.29 is 28.2 Å². The third-order valence-electron chi connectivity index (χ3n) is 5.33. The number of rotatable bonds is 7. The Balaban J connectivity index is 1.46. The van der Waals surface area contributed by atoms with Crippen LogP contribution in [0, 0.1) is 12.8 Å². The molecule has 0 N–H and O–H groups in total. The molecule has 0 radical (unpaired) electrons. The lowest BCUT2D eigenvalue weighted by atomic mass is 9.97. The molecule has 1 aliphatic heterocycles. The van der Waals surface area contributed by atoms with E-state index >= 15 is 0 Å². The molecule has 1 aromatic heterocycles. The van der Waals surface area contributed by atoms with Crippen LogP contribution in [0.4, 0.5) is 0 Å². The second-order valence-corrected chi connectivity index (χ2v) is 9.14. The van der Waals surface area contributed by atoms with E-state index in [0.717, 1.165) is 35.1 Å². The number of methoxy groups -OCH3 is 1. The molecule has 1 saturated heterocycles. The Morgan fingerprint density at radius 2 is 1.84 bits per heavy atom. The lowest BCUT2D eigenvalue weighted by molar-refractivity contribution is -0.272. The molecule has 2 heterocycles. The van der Waals surface area contributed by atoms with Crippen molar-refractivity contribution in [1.29, 1.82) is 0 Å². The van der Waals surface area contributed by atoms with Crippen LogP contribution in [0.3, 0.4) is 0 Å². The predicted octanol–water partition coefficient (Wildman–Crippen LogP) is 4.00. The van der Waals surface area contributed by atoms with E-state index in [-0.39, 0.29) is 11.3 Å². The molecule has 0 spiro atoms. The Bertz CT molecular complexity index is 872. The van der Waals surface area contributed by atoms with Crippen LogP contribution in [0.15, 0.2) is 28.7 Å². The van der Waals surface area contributed by atoms with Gasteiger partial charge in [-0.15, -0.1) is 0 Å². The van der Waals surface area contributed by atoms with Crippen molar-refractivity contribution in [1.82, 2.24) is 4.98 Å². The first-order valence-corrected chi connectivity index (χ1v) is 10.7. The lowest BCUT2D eigenvalue weighted by Gasteiger charge is -2.35. The summed E-state index contributed by atoms with van der Waals surface area (Å²) in [5, 5.41) is 0. The fraction of sp³-hybridized carbons (Fsp3) is 0.583. The standard InChI is InChI=1S/C24H33NO6/c1-16-20(25-21(31-16)23(2,3)4)11-12-28-19-9-7-17(8-10-19)13-18-14-29-24(5,30-15-18)22(26)27-6/h7-10,18H,11-15H2,1-6H3/t18-,24-. The summed E-state index contributed by atoms with van der Waals surface area (Å²) in [6.45, 7) is 11.2. The van der Waals surface area contributed by atoms with Gasteiger partial charge in [0.25, 0.3) is 5.79 Å². The minimum atomic E-state index is -1.31. The van der Waals surface area contributed by atoms with Crippen LogP contribution in [-0.4, -0.2) is 43.7 Å². The summed E-state index contributed by atoms with van der Waals surface area (Å²) in [6, 6.07) is 8.02. The fourth-order valence-electron chi connectivity index (χ4n) is 3.37. The summed E-state index contributed by atoms with van der Waals surface area (Å²) >= 11 is 0. The van der Waals surface area contributed by atoms with Gasteiger partial charge in [-0.05, 0) is 31.0 Å². The van der Waals surface area contributed by atoms with Gasteiger partial charge in [0, 0.05) is 24.7 Å². The molecule has 31 heavy (non-hydrogen) atoms. The molecule has 0 saturated carbocycles. The van der Waals surface area contributed by atoms with Gasteiger partial charge in [0.15, 0.2) is 5.89 Å². The van der Waals surface area contributed by atoms with E-state index < -0.39 is 11.8 Å². The number of aryl methyl sites for hydroxylation is 1. The summed E-state index contributed by atoms with van der Waals surface area (Å²) < 4.78 is 27.6. The van der Waals surface area contributed by atoms with Crippen LogP contribution in [0.2, 0.25) is 0 Å². The van der Waals surface area contributed by atoms with E-state index in [2.05, 4.69) is 25.8 Å². The van der Waals surface area contributed by atoms with Gasteiger partial charge >= 0.3 is 5.97 Å². The summed E-state index contributed by atoms with van der Waals surface area (Å²) in [7, 11) is 1.33. The molecule has 0 bridgehead atoms. The van der Waals surface area contributed by atoms with Gasteiger partial charge in [-0.3, -0.25) is 0 Å². The highest BCUT2D eigenvalue weighted by Gasteiger charge is 2.41. The van der Waals surface area contributed by atoms with Gasteiger partial charge in [-0.25, -0.2) is 9.78 Å². The highest BCUT2D eigenvalue weighted by Crippen LogP contribution is 2.26. The van der Waals surface area contributed by atoms with E-state index in [0.29, 0.717) is 26.2 Å². The molecule has 1 aromatic carbocycles. The van der Waals surface area contributed by atoms with Crippen LogP contribution < -0.4 is 4.74 Å². The van der Waals surface area contributed by atoms with Crippen LogP contribution >= 0.6 is 0 Å². The number of oxazole rings is 1. The third-order valence-corrected chi connectivity index (χ3v) is 5.33. The number of carbonyl (C=O) groups excluding carboxylic acids is 1. The fourth-order valence-corrected chi connectivity index (χ4v) is 3.37. The molecule has 1 fully saturated rings. The Labute approximate surface area is 184 Å². The second-order valence-electron chi connectivity index (χ2n) is 9.14. The van der Waals surface area contributed by atoms with Crippen molar-refractivity contribution in [2.24, 2.45) is 5.92 Å². The number of aromatic nitrogens is 1. The smallest absolute Gasteiger partial charge is 0.366 e. The molecule has 0 amide bonds. The van der Waals surface area contributed by atoms with Gasteiger partial charge in [0.2, 0.25) is 0 Å². The summed E-state index contributed by atoms with van der Waals surface area (Å²) in [5.74, 6) is 0.782. The third kappa shape index (κ3) is 5.86. The number of carbonyl (C=O) groups is 1. The molecular weight excluding hydrogens is 398 g/mol. The molecule has 1 aliphatic rings. The lowest BCUT2D eigenvalue weighted by Crippen LogP contribution is -2.48. The first-order chi connectivity index (χ1) is 14.6. The number of nitrogens with zero attached hydrogens (tertiary/aromatic N) is 1. The molecular formula is C24H33NO6. The molecule has 0 aliphatic carbocycles. The Morgan fingerprint density at radius 1 is 1.19 bits per heavy atom. The zero-order valence-electron chi connectivity index (χ0n) is 19.3. The van der Waals surface area contributed by atoms with Gasteiger partial charge in [0.05, 0.1) is 32.6 Å². The topological polar surface area (TPSA) is 80.0 Å². The van der Waals surface area contributed by atoms with Crippen LogP contribution in [0.5, 0.6) is 5.75 Å². The molecule has 2 aromatic rings. The molecule has 0 unspecified atom stereocenters. The monoisotopic (exact) mass is 431 g/mol. The van der Waals surface area contributed by atoms with E-state index in [1.807, 2.05) is 31.2 Å². The number of esters is 1. The van der Waals surface area contributed by atoms with Gasteiger partial charge in [0.1, 0.15) is 11.5 Å². The normalized spacial score (nSPS) is 21.7. The minimum absolute atomic E-state index is 0.105. The van der Waals surface area contributed by atoms with Crippen molar-refractivity contribution in [2.75, 3.05) is 26.9 Å². The van der Waals surface area contributed by atoms with Crippen LogP contribution in [0.1, 0.15) is 50.6 Å². The number of hydrogen-bond donors (Lipinski definition) is 0. The largest absolute Gasteiger partial charge is 0.493 e. The van der Waals surface area contributed by atoms with Crippen molar-refractivity contribution in [2.45, 2.75) is 58.7 Å². The molecule has 3 rings (SSSR count). The highest BCUT2D eigenvalue weighted by molar-refractivity contribution is 5.77. The van der Waals surface area contributed by atoms with E-state index in [1.165, 1.54) is 7.11 Å². The first-order valence-electron chi connectivity index (χ1n) is 10.7. The SMILES string of the molecule is COC(=O)[C@]1(C)OC[C@@H](Cc2ccc(OCCc3nc(C(C)(C)C)oc3C)cc2)CO1. The summed E-state index contributed by atoms with van der Waals surface area (Å²) in [5.41, 5.74) is 2.00. The maximum Gasteiger partial charge on any atom is 0.366 e. The van der Waals surface area contributed by atoms with Gasteiger partial charge in [-0.2, -0.15) is 0 Å². The first kappa shape index (κ1) is 23.3. The summed E-state index contributed by atoms with van der Waals surface area (Å²) in [4.78, 5) is 16.4. The molecule has 0 atom stereocenters. The van der Waals surface area contributed by atoms with E-state index in [9.17, 15) is 4.79 Å². The zero-order valence-corrected chi connectivity index (χ0v) is 19.3. The van der Waals surface area contributed by atoms with Crippen molar-refractivity contribution in [3.05, 3.63) is 47.2 Å². The molecule has 170 valence electrons. The Hall–Kier alpha value is -2.38. The minimum Gasteiger partial charge on any atom is -0.493 e. The van der Waals surface area contributed by atoms with Crippen molar-refractivity contribution in [3.8, 4) is 5.75 Å². The van der Waals surface area contributed by atoms with Crippen LogP contribution in [0.25, 0.3) is 0 Å². The quantitative estimate of drug-likeness (QED) is 0.613. The number of hydrogen-bond acceptors (Lipinski definition) is 7. The summed E-state index contributed by atoms with van der Waals surface area (Å²) in [6.07, 6.45) is 1.49. The van der Waals surface area contributed by atoms with E-state index in [1.54, 1.807) is 6.92 Å².